The molecule has 2 aromatic rings. The summed E-state index contributed by atoms with van der Waals surface area (Å²) in [5.41, 5.74) is 1.58. The van der Waals surface area contributed by atoms with Crippen LogP contribution >= 0.6 is 0 Å². The molecule has 0 unspecified atom stereocenters. The highest BCUT2D eigenvalue weighted by Crippen LogP contribution is 2.17. The Kier molecular flexibility index (Phi) is 2.64. The summed E-state index contributed by atoms with van der Waals surface area (Å²) < 4.78 is 1.68. The molecule has 1 aromatic heterocycles. The predicted octanol–water partition coefficient (Wildman–Crippen LogP) is 0.597. The number of amides is 1. The summed E-state index contributed by atoms with van der Waals surface area (Å²) in [5.74, 6) is 0. The molecule has 0 aliphatic heterocycles. The Balaban J connectivity index is 2.38. The van der Waals surface area contributed by atoms with Crippen molar-refractivity contribution in [3.63, 3.8) is 0 Å². The van der Waals surface area contributed by atoms with E-state index in [0.29, 0.717) is 13.0 Å². The second-order valence-electron chi connectivity index (χ2n) is 3.15. The maximum atomic E-state index is 10.3. The average Bonchev–Trinajstić information content (AvgIpc) is 2.60. The van der Waals surface area contributed by atoms with E-state index < -0.39 is 0 Å². The van der Waals surface area contributed by atoms with Crippen LogP contribution in [0.25, 0.3) is 10.9 Å². The van der Waals surface area contributed by atoms with E-state index in [9.17, 15) is 4.79 Å². The van der Waals surface area contributed by atoms with E-state index in [-0.39, 0.29) is 6.61 Å². The Morgan fingerprint density at radius 1 is 1.53 bits per heavy atom. The quantitative estimate of drug-likeness (QED) is 0.718. The van der Waals surface area contributed by atoms with Gasteiger partial charge in [0.2, 0.25) is 6.41 Å². The normalized spacial score (nSPS) is 10.5. The molecule has 2 rings (SSSR count). The number of benzene rings is 1. The summed E-state index contributed by atoms with van der Waals surface area (Å²) in [6, 6.07) is 5.45. The summed E-state index contributed by atoms with van der Waals surface area (Å²) in [5, 5.41) is 16.5. The number of hydrogen-bond donors (Lipinski definition) is 2. The van der Waals surface area contributed by atoms with Crippen molar-refractivity contribution >= 4 is 23.0 Å². The Morgan fingerprint density at radius 2 is 2.40 bits per heavy atom. The molecular weight excluding hydrogens is 194 g/mol. The van der Waals surface area contributed by atoms with Crippen LogP contribution in [0.5, 0.6) is 0 Å². The van der Waals surface area contributed by atoms with Crippen LogP contribution in [0.3, 0.4) is 0 Å². The lowest BCUT2D eigenvalue weighted by Gasteiger charge is -1.95. The van der Waals surface area contributed by atoms with Crippen molar-refractivity contribution in [2.75, 3.05) is 11.9 Å². The van der Waals surface area contributed by atoms with Crippen LogP contribution in [0.2, 0.25) is 0 Å². The number of carbonyl (C=O) groups is 1. The van der Waals surface area contributed by atoms with Crippen molar-refractivity contribution in [2.24, 2.45) is 0 Å². The number of hydrogen-bond acceptors (Lipinski definition) is 3. The van der Waals surface area contributed by atoms with Gasteiger partial charge < -0.3 is 10.4 Å². The first-order chi connectivity index (χ1) is 7.33. The van der Waals surface area contributed by atoms with Crippen LogP contribution in [0.15, 0.2) is 24.4 Å². The number of aliphatic hydroxyl groups is 1. The van der Waals surface area contributed by atoms with E-state index in [1.807, 2.05) is 18.3 Å². The van der Waals surface area contributed by atoms with Crippen LogP contribution < -0.4 is 5.32 Å². The van der Waals surface area contributed by atoms with Gasteiger partial charge in [0.05, 0.1) is 18.7 Å². The van der Waals surface area contributed by atoms with Crippen molar-refractivity contribution in [3.8, 4) is 0 Å². The number of rotatable bonds is 4. The van der Waals surface area contributed by atoms with Crippen molar-refractivity contribution in [1.29, 1.82) is 0 Å². The summed E-state index contributed by atoms with van der Waals surface area (Å²) in [4.78, 5) is 10.3. The molecule has 1 amide bonds. The topological polar surface area (TPSA) is 67.2 Å². The molecule has 5 nitrogen and oxygen atoms in total. The van der Waals surface area contributed by atoms with Gasteiger partial charge in [0.1, 0.15) is 0 Å². The maximum absolute atomic E-state index is 10.3. The van der Waals surface area contributed by atoms with Gasteiger partial charge in [-0.25, -0.2) is 0 Å². The SMILES string of the molecule is O=CNc1ccc2nn(CCO)cc2c1. The van der Waals surface area contributed by atoms with Gasteiger partial charge in [-0.2, -0.15) is 5.10 Å². The molecule has 5 heteroatoms. The highest BCUT2D eigenvalue weighted by molar-refractivity contribution is 5.84. The maximum Gasteiger partial charge on any atom is 0.211 e. The van der Waals surface area contributed by atoms with Crippen LogP contribution in [-0.2, 0) is 11.3 Å². The van der Waals surface area contributed by atoms with E-state index >= 15 is 0 Å². The van der Waals surface area contributed by atoms with E-state index in [1.165, 1.54) is 0 Å². The van der Waals surface area contributed by atoms with Crippen molar-refractivity contribution in [1.82, 2.24) is 9.78 Å². The molecule has 0 fully saturated rings. The molecular formula is C10H11N3O2. The monoisotopic (exact) mass is 205 g/mol. The Hall–Kier alpha value is -1.88. The Bertz CT molecular complexity index is 478. The van der Waals surface area contributed by atoms with Gasteiger partial charge in [0.15, 0.2) is 0 Å². The summed E-state index contributed by atoms with van der Waals surface area (Å²) in [7, 11) is 0. The van der Waals surface area contributed by atoms with Crippen LogP contribution in [0.1, 0.15) is 0 Å². The van der Waals surface area contributed by atoms with Gasteiger partial charge in [-0.15, -0.1) is 0 Å². The lowest BCUT2D eigenvalue weighted by atomic mass is 10.2. The van der Waals surface area contributed by atoms with E-state index in [0.717, 1.165) is 16.6 Å². The fraction of sp³-hybridized carbons (Fsp3) is 0.200. The summed E-state index contributed by atoms with van der Waals surface area (Å²) in [6.45, 7) is 0.540. The Morgan fingerprint density at radius 3 is 3.13 bits per heavy atom. The average molecular weight is 205 g/mol. The minimum Gasteiger partial charge on any atom is -0.394 e. The second-order valence-corrected chi connectivity index (χ2v) is 3.15. The molecule has 0 aliphatic carbocycles. The third kappa shape index (κ3) is 1.97. The first-order valence-electron chi connectivity index (χ1n) is 4.62. The highest BCUT2D eigenvalue weighted by Gasteiger charge is 2.00. The molecule has 1 heterocycles. The zero-order chi connectivity index (χ0) is 10.7. The molecule has 0 radical (unpaired) electrons. The first-order valence-corrected chi connectivity index (χ1v) is 4.62. The molecule has 0 saturated carbocycles. The van der Waals surface area contributed by atoms with Gasteiger partial charge in [0.25, 0.3) is 0 Å². The molecule has 0 spiro atoms. The number of nitrogens with zero attached hydrogens (tertiary/aromatic N) is 2. The van der Waals surface area contributed by atoms with Gasteiger partial charge in [-0.05, 0) is 18.2 Å². The van der Waals surface area contributed by atoms with Gasteiger partial charge in [-0.3, -0.25) is 9.48 Å². The number of anilines is 1. The van der Waals surface area contributed by atoms with Crippen molar-refractivity contribution in [2.45, 2.75) is 6.54 Å². The van der Waals surface area contributed by atoms with Gasteiger partial charge >= 0.3 is 0 Å². The van der Waals surface area contributed by atoms with Gasteiger partial charge in [0, 0.05) is 17.3 Å². The fourth-order valence-corrected chi connectivity index (χ4v) is 1.45. The molecule has 1 aromatic carbocycles. The van der Waals surface area contributed by atoms with Crippen LogP contribution in [0.4, 0.5) is 5.69 Å². The van der Waals surface area contributed by atoms with Crippen LogP contribution in [-0.4, -0.2) is 27.9 Å². The third-order valence-corrected chi connectivity index (χ3v) is 2.11. The minimum atomic E-state index is 0.0629. The predicted molar refractivity (Wildman–Crippen MR) is 56.5 cm³/mol. The molecule has 0 atom stereocenters. The molecule has 0 aliphatic rings. The zero-order valence-corrected chi connectivity index (χ0v) is 8.05. The summed E-state index contributed by atoms with van der Waals surface area (Å²) in [6.07, 6.45) is 2.47. The molecule has 0 bridgehead atoms. The highest BCUT2D eigenvalue weighted by atomic mass is 16.3. The van der Waals surface area contributed by atoms with Gasteiger partial charge in [-0.1, -0.05) is 0 Å². The smallest absolute Gasteiger partial charge is 0.211 e. The standard InChI is InChI=1S/C10H11N3O2/c14-4-3-13-6-8-5-9(11-7-15)1-2-10(8)12-13/h1-2,5-7,14H,3-4H2,(H,11,15). The number of carbonyl (C=O) groups excluding carboxylic acids is 1. The first kappa shape index (κ1) is 9.67. The zero-order valence-electron chi connectivity index (χ0n) is 8.05. The van der Waals surface area contributed by atoms with E-state index in [1.54, 1.807) is 10.7 Å². The minimum absolute atomic E-state index is 0.0629. The third-order valence-electron chi connectivity index (χ3n) is 2.11. The Labute approximate surface area is 86.3 Å². The second kappa shape index (κ2) is 4.10. The number of fused-ring (bicyclic) bond motifs is 1. The largest absolute Gasteiger partial charge is 0.394 e. The van der Waals surface area contributed by atoms with Crippen molar-refractivity contribution in [3.05, 3.63) is 24.4 Å². The number of nitrogens with one attached hydrogen (secondary N) is 1. The molecule has 78 valence electrons. The number of aromatic nitrogens is 2. The van der Waals surface area contributed by atoms with Crippen molar-refractivity contribution < 1.29 is 9.90 Å². The summed E-state index contributed by atoms with van der Waals surface area (Å²) >= 11 is 0. The van der Waals surface area contributed by atoms with Crippen LogP contribution in [0, 0.1) is 0 Å². The van der Waals surface area contributed by atoms with E-state index in [4.69, 9.17) is 5.11 Å². The molecule has 0 saturated heterocycles. The fourth-order valence-electron chi connectivity index (χ4n) is 1.45. The van der Waals surface area contributed by atoms with E-state index in [2.05, 4.69) is 10.4 Å². The molecule has 15 heavy (non-hydrogen) atoms. The number of aliphatic hydroxyl groups excluding tert-OH is 1. The lowest BCUT2D eigenvalue weighted by Crippen LogP contribution is -2.01. The lowest BCUT2D eigenvalue weighted by molar-refractivity contribution is -0.105. The molecule has 2 N–H and O–H groups in total.